The minimum atomic E-state index is 0.0615. The number of pyridine rings is 1. The van der Waals surface area contributed by atoms with Gasteiger partial charge in [-0.3, -0.25) is 9.88 Å². The first kappa shape index (κ1) is 18.2. The van der Waals surface area contributed by atoms with Crippen molar-refractivity contribution in [3.8, 4) is 5.75 Å². The third-order valence-electron chi connectivity index (χ3n) is 5.20. The Bertz CT molecular complexity index is 917. The van der Waals surface area contributed by atoms with Crippen molar-refractivity contribution in [2.75, 3.05) is 33.3 Å². The predicted molar refractivity (Wildman–Crippen MR) is 111 cm³/mol. The lowest BCUT2D eigenvalue weighted by Crippen LogP contribution is -2.33. The highest BCUT2D eigenvalue weighted by molar-refractivity contribution is 6.30. The summed E-state index contributed by atoms with van der Waals surface area (Å²) in [6.07, 6.45) is 3.01. The van der Waals surface area contributed by atoms with Crippen LogP contribution < -0.4 is 10.1 Å². The summed E-state index contributed by atoms with van der Waals surface area (Å²) in [6.45, 7) is 4.01. The van der Waals surface area contributed by atoms with Gasteiger partial charge in [-0.05, 0) is 48.9 Å². The number of nitrogens with one attached hydrogen (secondary N) is 1. The van der Waals surface area contributed by atoms with Gasteiger partial charge in [0.2, 0.25) is 0 Å². The standard InChI is InChI=1S/C22H24ClN3O/c1-27-21-8-7-16(23)15-19(21)22(26-13-4-10-24-12-14-26)18-9-11-25-20-6-3-2-5-17(18)20/h2-3,5-9,11,15,22,24H,4,10,12-14H2,1H3. The van der Waals surface area contributed by atoms with Gasteiger partial charge in [-0.1, -0.05) is 29.8 Å². The van der Waals surface area contributed by atoms with Crippen LogP contribution in [0.3, 0.4) is 0 Å². The number of benzene rings is 2. The lowest BCUT2D eigenvalue weighted by atomic mass is 9.93. The molecule has 0 saturated carbocycles. The summed E-state index contributed by atoms with van der Waals surface area (Å²) in [5.74, 6) is 0.863. The summed E-state index contributed by atoms with van der Waals surface area (Å²) in [5.41, 5.74) is 3.35. The fraction of sp³-hybridized carbons (Fsp3) is 0.318. The normalized spacial score (nSPS) is 16.8. The number of fused-ring (bicyclic) bond motifs is 1. The van der Waals surface area contributed by atoms with E-state index in [1.807, 2.05) is 30.5 Å². The number of rotatable bonds is 4. The topological polar surface area (TPSA) is 37.4 Å². The van der Waals surface area contributed by atoms with Crippen LogP contribution >= 0.6 is 11.6 Å². The second kappa shape index (κ2) is 8.26. The predicted octanol–water partition coefficient (Wildman–Crippen LogP) is 4.28. The third-order valence-corrected chi connectivity index (χ3v) is 5.44. The Morgan fingerprint density at radius 1 is 1.07 bits per heavy atom. The summed E-state index contributed by atoms with van der Waals surface area (Å²) < 4.78 is 5.72. The summed E-state index contributed by atoms with van der Waals surface area (Å²) in [6, 6.07) is 16.4. The second-order valence-electron chi connectivity index (χ2n) is 6.85. The molecule has 0 aliphatic carbocycles. The van der Waals surface area contributed by atoms with Crippen LogP contribution in [0.2, 0.25) is 5.02 Å². The number of ether oxygens (including phenoxy) is 1. The van der Waals surface area contributed by atoms with Gasteiger partial charge in [0, 0.05) is 41.8 Å². The van der Waals surface area contributed by atoms with Crippen molar-refractivity contribution < 1.29 is 4.74 Å². The Balaban J connectivity index is 1.92. The number of methoxy groups -OCH3 is 1. The number of hydrogen-bond acceptors (Lipinski definition) is 4. The zero-order chi connectivity index (χ0) is 18.6. The van der Waals surface area contributed by atoms with E-state index in [0.29, 0.717) is 0 Å². The Morgan fingerprint density at radius 3 is 2.85 bits per heavy atom. The number of halogens is 1. The Kier molecular flexibility index (Phi) is 5.58. The summed E-state index contributed by atoms with van der Waals surface area (Å²) >= 11 is 6.40. The molecular formula is C22H24ClN3O. The monoisotopic (exact) mass is 381 g/mol. The van der Waals surface area contributed by atoms with E-state index in [9.17, 15) is 0 Å². The molecule has 0 bridgehead atoms. The second-order valence-corrected chi connectivity index (χ2v) is 7.28. The molecule has 1 aromatic heterocycles. The molecule has 27 heavy (non-hydrogen) atoms. The van der Waals surface area contributed by atoms with Crippen LogP contribution in [-0.2, 0) is 0 Å². The fourth-order valence-electron chi connectivity index (χ4n) is 3.96. The van der Waals surface area contributed by atoms with Crippen LogP contribution in [0.4, 0.5) is 0 Å². The lowest BCUT2D eigenvalue weighted by Gasteiger charge is -2.33. The molecule has 2 aromatic carbocycles. The minimum Gasteiger partial charge on any atom is -0.496 e. The van der Waals surface area contributed by atoms with Crippen LogP contribution in [0.25, 0.3) is 10.9 Å². The van der Waals surface area contributed by atoms with E-state index in [1.165, 1.54) is 10.9 Å². The Morgan fingerprint density at radius 2 is 1.96 bits per heavy atom. The van der Waals surface area contributed by atoms with Gasteiger partial charge in [-0.15, -0.1) is 0 Å². The molecular weight excluding hydrogens is 358 g/mol. The van der Waals surface area contributed by atoms with Gasteiger partial charge < -0.3 is 10.1 Å². The molecule has 0 amide bonds. The summed E-state index contributed by atoms with van der Waals surface area (Å²) in [4.78, 5) is 7.08. The average molecular weight is 382 g/mol. The van der Waals surface area contributed by atoms with E-state index in [4.69, 9.17) is 16.3 Å². The molecule has 1 aliphatic rings. The van der Waals surface area contributed by atoms with Crippen molar-refractivity contribution in [2.45, 2.75) is 12.5 Å². The molecule has 1 fully saturated rings. The zero-order valence-electron chi connectivity index (χ0n) is 15.5. The highest BCUT2D eigenvalue weighted by Crippen LogP contribution is 2.39. The van der Waals surface area contributed by atoms with E-state index >= 15 is 0 Å². The first-order valence-corrected chi connectivity index (χ1v) is 9.77. The molecule has 3 aromatic rings. The van der Waals surface area contributed by atoms with E-state index in [0.717, 1.165) is 54.5 Å². The molecule has 1 aliphatic heterocycles. The van der Waals surface area contributed by atoms with Crippen molar-refractivity contribution in [3.63, 3.8) is 0 Å². The number of para-hydroxylation sites is 1. The SMILES string of the molecule is COc1ccc(Cl)cc1C(c1ccnc2ccccc12)N1CCCNCC1. The molecule has 5 heteroatoms. The van der Waals surface area contributed by atoms with Gasteiger partial charge in [-0.2, -0.15) is 0 Å². The molecule has 2 heterocycles. The van der Waals surface area contributed by atoms with Gasteiger partial charge in [0.05, 0.1) is 18.7 Å². The molecule has 4 rings (SSSR count). The van der Waals surface area contributed by atoms with Gasteiger partial charge in [0.25, 0.3) is 0 Å². The molecule has 0 radical (unpaired) electrons. The minimum absolute atomic E-state index is 0.0615. The molecule has 1 saturated heterocycles. The van der Waals surface area contributed by atoms with E-state index in [-0.39, 0.29) is 6.04 Å². The van der Waals surface area contributed by atoms with Crippen molar-refractivity contribution in [1.29, 1.82) is 0 Å². The molecule has 1 atom stereocenters. The third kappa shape index (κ3) is 3.79. The highest BCUT2D eigenvalue weighted by Gasteiger charge is 2.27. The maximum atomic E-state index is 6.40. The van der Waals surface area contributed by atoms with Crippen molar-refractivity contribution in [2.24, 2.45) is 0 Å². The van der Waals surface area contributed by atoms with E-state index in [2.05, 4.69) is 39.5 Å². The lowest BCUT2D eigenvalue weighted by molar-refractivity contribution is 0.237. The molecule has 1 unspecified atom stereocenters. The molecule has 1 N–H and O–H groups in total. The fourth-order valence-corrected chi connectivity index (χ4v) is 4.14. The van der Waals surface area contributed by atoms with Gasteiger partial charge in [-0.25, -0.2) is 0 Å². The van der Waals surface area contributed by atoms with E-state index in [1.54, 1.807) is 7.11 Å². The van der Waals surface area contributed by atoms with Crippen LogP contribution in [0, 0.1) is 0 Å². The van der Waals surface area contributed by atoms with E-state index < -0.39 is 0 Å². The maximum Gasteiger partial charge on any atom is 0.124 e. The quantitative estimate of drug-likeness (QED) is 0.731. The average Bonchev–Trinajstić information content (AvgIpc) is 2.98. The maximum absolute atomic E-state index is 6.40. The van der Waals surface area contributed by atoms with Crippen LogP contribution in [0.1, 0.15) is 23.6 Å². The van der Waals surface area contributed by atoms with Crippen LogP contribution in [-0.4, -0.2) is 43.2 Å². The zero-order valence-corrected chi connectivity index (χ0v) is 16.2. The van der Waals surface area contributed by atoms with Gasteiger partial charge in [0.1, 0.15) is 5.75 Å². The molecule has 140 valence electrons. The van der Waals surface area contributed by atoms with Crippen LogP contribution in [0.5, 0.6) is 5.75 Å². The van der Waals surface area contributed by atoms with Crippen LogP contribution in [0.15, 0.2) is 54.7 Å². The smallest absolute Gasteiger partial charge is 0.124 e. The highest BCUT2D eigenvalue weighted by atomic mass is 35.5. The first-order valence-electron chi connectivity index (χ1n) is 9.40. The number of hydrogen-bond donors (Lipinski definition) is 1. The Hall–Kier alpha value is -2.14. The molecule has 4 nitrogen and oxygen atoms in total. The van der Waals surface area contributed by atoms with Crippen molar-refractivity contribution >= 4 is 22.5 Å². The number of aromatic nitrogens is 1. The first-order chi connectivity index (χ1) is 13.3. The van der Waals surface area contributed by atoms with Gasteiger partial charge in [0.15, 0.2) is 0 Å². The van der Waals surface area contributed by atoms with Crippen molar-refractivity contribution in [3.05, 3.63) is 70.9 Å². The van der Waals surface area contributed by atoms with Gasteiger partial charge >= 0.3 is 0 Å². The Labute approximate surface area is 165 Å². The summed E-state index contributed by atoms with van der Waals surface area (Å²) in [5, 5.41) is 5.40. The van der Waals surface area contributed by atoms with Crippen molar-refractivity contribution in [1.82, 2.24) is 15.2 Å². The largest absolute Gasteiger partial charge is 0.496 e. The summed E-state index contributed by atoms with van der Waals surface area (Å²) in [7, 11) is 1.72. The number of nitrogens with zero attached hydrogens (tertiary/aromatic N) is 2. The molecule has 0 spiro atoms.